The van der Waals surface area contributed by atoms with E-state index in [1.54, 1.807) is 0 Å². The second kappa shape index (κ2) is 5.84. The highest BCUT2D eigenvalue weighted by molar-refractivity contribution is 7.17. The Labute approximate surface area is 125 Å². The fourth-order valence-corrected chi connectivity index (χ4v) is 4.18. The summed E-state index contributed by atoms with van der Waals surface area (Å²) in [6, 6.07) is 8.98. The third-order valence-corrected chi connectivity index (χ3v) is 5.26. The molecule has 1 fully saturated rings. The minimum absolute atomic E-state index is 0.0704. The lowest BCUT2D eigenvalue weighted by Crippen LogP contribution is -2.41. The summed E-state index contributed by atoms with van der Waals surface area (Å²) in [5, 5.41) is 7.42. The molecule has 0 radical (unpaired) electrons. The zero-order valence-electron chi connectivity index (χ0n) is 12.3. The van der Waals surface area contributed by atoms with Crippen molar-refractivity contribution in [1.29, 1.82) is 0 Å². The molecule has 2 aromatic rings. The van der Waals surface area contributed by atoms with Crippen molar-refractivity contribution in [2.75, 3.05) is 13.2 Å². The van der Waals surface area contributed by atoms with Gasteiger partial charge in [-0.25, -0.2) is 0 Å². The van der Waals surface area contributed by atoms with Gasteiger partial charge in [0, 0.05) is 11.3 Å². The Balaban J connectivity index is 2.00. The number of rotatable bonds is 5. The number of benzene rings is 1. The Kier molecular flexibility index (Phi) is 4.11. The van der Waals surface area contributed by atoms with E-state index < -0.39 is 0 Å². The first-order valence-electron chi connectivity index (χ1n) is 7.58. The number of ether oxygens (including phenoxy) is 1. The van der Waals surface area contributed by atoms with E-state index in [-0.39, 0.29) is 5.60 Å². The van der Waals surface area contributed by atoms with Crippen LogP contribution < -0.4 is 5.32 Å². The van der Waals surface area contributed by atoms with E-state index in [0.717, 1.165) is 26.0 Å². The zero-order valence-corrected chi connectivity index (χ0v) is 13.1. The van der Waals surface area contributed by atoms with Gasteiger partial charge in [-0.3, -0.25) is 0 Å². The summed E-state index contributed by atoms with van der Waals surface area (Å²) in [5.74, 6) is 0. The van der Waals surface area contributed by atoms with E-state index in [0.29, 0.717) is 6.04 Å². The molecule has 0 aliphatic carbocycles. The van der Waals surface area contributed by atoms with Crippen molar-refractivity contribution in [3.05, 3.63) is 35.2 Å². The van der Waals surface area contributed by atoms with E-state index >= 15 is 0 Å². The van der Waals surface area contributed by atoms with Gasteiger partial charge in [-0.2, -0.15) is 0 Å². The Bertz CT molecular complexity index is 571. The summed E-state index contributed by atoms with van der Waals surface area (Å²) in [5.41, 5.74) is 1.34. The van der Waals surface area contributed by atoms with Crippen LogP contribution in [0.1, 0.15) is 44.7 Å². The molecule has 2 unspecified atom stereocenters. The molecule has 1 aromatic heterocycles. The molecule has 1 N–H and O–H groups in total. The SMILES string of the molecule is CCCNC(c1csc2ccccc12)C1(C)CCCO1. The molecule has 2 atom stereocenters. The van der Waals surface area contributed by atoms with Gasteiger partial charge in [0.15, 0.2) is 0 Å². The summed E-state index contributed by atoms with van der Waals surface area (Å²) >= 11 is 1.84. The van der Waals surface area contributed by atoms with Crippen LogP contribution in [0.2, 0.25) is 0 Å². The molecule has 1 aliphatic heterocycles. The van der Waals surface area contributed by atoms with Gasteiger partial charge in [0.05, 0.1) is 11.6 Å². The predicted octanol–water partition coefficient (Wildman–Crippen LogP) is 4.51. The largest absolute Gasteiger partial charge is 0.373 e. The van der Waals surface area contributed by atoms with Gasteiger partial charge in [0.1, 0.15) is 0 Å². The second-order valence-corrected chi connectivity index (χ2v) is 6.75. The van der Waals surface area contributed by atoms with Crippen molar-refractivity contribution >= 4 is 21.4 Å². The van der Waals surface area contributed by atoms with Gasteiger partial charge in [0.2, 0.25) is 0 Å². The molecule has 0 saturated carbocycles. The summed E-state index contributed by atoms with van der Waals surface area (Å²) in [4.78, 5) is 0. The van der Waals surface area contributed by atoms with E-state index in [9.17, 15) is 0 Å². The summed E-state index contributed by atoms with van der Waals surface area (Å²) < 4.78 is 7.48. The summed E-state index contributed by atoms with van der Waals surface area (Å²) in [7, 11) is 0. The minimum Gasteiger partial charge on any atom is -0.373 e. The molecule has 3 rings (SSSR count). The highest BCUT2D eigenvalue weighted by Gasteiger charge is 2.39. The van der Waals surface area contributed by atoms with Crippen LogP contribution in [0.4, 0.5) is 0 Å². The van der Waals surface area contributed by atoms with Crippen LogP contribution in [-0.4, -0.2) is 18.8 Å². The maximum absolute atomic E-state index is 6.11. The molecule has 108 valence electrons. The van der Waals surface area contributed by atoms with Crippen LogP contribution in [0.15, 0.2) is 29.6 Å². The first-order valence-corrected chi connectivity index (χ1v) is 8.46. The van der Waals surface area contributed by atoms with Crippen LogP contribution in [0.25, 0.3) is 10.1 Å². The van der Waals surface area contributed by atoms with Crippen molar-refractivity contribution in [3.8, 4) is 0 Å². The number of hydrogen-bond acceptors (Lipinski definition) is 3. The molecule has 0 bridgehead atoms. The highest BCUT2D eigenvalue weighted by Crippen LogP contribution is 2.41. The number of thiophene rings is 1. The third-order valence-electron chi connectivity index (χ3n) is 4.28. The summed E-state index contributed by atoms with van der Waals surface area (Å²) in [6.45, 7) is 6.41. The number of nitrogens with one attached hydrogen (secondary N) is 1. The fraction of sp³-hybridized carbons (Fsp3) is 0.529. The van der Waals surface area contributed by atoms with Crippen molar-refractivity contribution in [3.63, 3.8) is 0 Å². The zero-order chi connectivity index (χ0) is 14.0. The Hall–Kier alpha value is -0.900. The minimum atomic E-state index is -0.0704. The van der Waals surface area contributed by atoms with Gasteiger partial charge in [0.25, 0.3) is 0 Å². The molecule has 0 spiro atoms. The number of fused-ring (bicyclic) bond motifs is 1. The first kappa shape index (κ1) is 14.1. The molecule has 0 amide bonds. The van der Waals surface area contributed by atoms with Gasteiger partial charge >= 0.3 is 0 Å². The van der Waals surface area contributed by atoms with E-state index in [1.807, 2.05) is 11.3 Å². The normalized spacial score (nSPS) is 24.3. The average Bonchev–Trinajstić information content (AvgIpc) is 3.07. The lowest BCUT2D eigenvalue weighted by molar-refractivity contribution is -0.0119. The smallest absolute Gasteiger partial charge is 0.0849 e. The van der Waals surface area contributed by atoms with Crippen LogP contribution in [0, 0.1) is 0 Å². The highest BCUT2D eigenvalue weighted by atomic mass is 32.1. The Morgan fingerprint density at radius 2 is 2.25 bits per heavy atom. The molecule has 2 nitrogen and oxygen atoms in total. The van der Waals surface area contributed by atoms with Gasteiger partial charge in [-0.15, -0.1) is 11.3 Å². The monoisotopic (exact) mass is 289 g/mol. The first-order chi connectivity index (χ1) is 9.74. The van der Waals surface area contributed by atoms with E-state index in [4.69, 9.17) is 4.74 Å². The van der Waals surface area contributed by atoms with Crippen LogP contribution in [-0.2, 0) is 4.74 Å². The molecular weight excluding hydrogens is 266 g/mol. The van der Waals surface area contributed by atoms with Crippen molar-refractivity contribution in [2.45, 2.75) is 44.8 Å². The second-order valence-electron chi connectivity index (χ2n) is 5.84. The van der Waals surface area contributed by atoms with Gasteiger partial charge in [-0.05, 0) is 55.1 Å². The van der Waals surface area contributed by atoms with Crippen molar-refractivity contribution in [2.24, 2.45) is 0 Å². The standard InChI is InChI=1S/C17H23NOS/c1-3-10-18-16(17(2)9-6-11-19-17)14-12-20-15-8-5-4-7-13(14)15/h4-5,7-8,12,16,18H,3,6,9-11H2,1-2H3. The van der Waals surface area contributed by atoms with E-state index in [2.05, 4.69) is 48.8 Å². The molecular formula is C17H23NOS. The molecule has 3 heteroatoms. The van der Waals surface area contributed by atoms with Crippen molar-refractivity contribution < 1.29 is 4.74 Å². The molecule has 1 aliphatic rings. The average molecular weight is 289 g/mol. The summed E-state index contributed by atoms with van der Waals surface area (Å²) in [6.07, 6.45) is 3.45. The van der Waals surface area contributed by atoms with Crippen LogP contribution in [0.3, 0.4) is 0 Å². The van der Waals surface area contributed by atoms with Crippen molar-refractivity contribution in [1.82, 2.24) is 5.32 Å². The van der Waals surface area contributed by atoms with Crippen LogP contribution >= 0.6 is 11.3 Å². The Morgan fingerprint density at radius 3 is 3.00 bits per heavy atom. The lowest BCUT2D eigenvalue weighted by atomic mass is 9.87. The number of hydrogen-bond donors (Lipinski definition) is 1. The fourth-order valence-electron chi connectivity index (χ4n) is 3.19. The Morgan fingerprint density at radius 1 is 1.40 bits per heavy atom. The predicted molar refractivity (Wildman–Crippen MR) is 86.5 cm³/mol. The third kappa shape index (κ3) is 2.50. The topological polar surface area (TPSA) is 21.3 Å². The molecule has 1 saturated heterocycles. The van der Waals surface area contributed by atoms with Crippen LogP contribution in [0.5, 0.6) is 0 Å². The quantitative estimate of drug-likeness (QED) is 0.874. The maximum atomic E-state index is 6.11. The van der Waals surface area contributed by atoms with Gasteiger partial charge in [-0.1, -0.05) is 25.1 Å². The van der Waals surface area contributed by atoms with E-state index in [1.165, 1.54) is 22.1 Å². The van der Waals surface area contributed by atoms with Gasteiger partial charge < -0.3 is 10.1 Å². The molecule has 2 heterocycles. The lowest BCUT2D eigenvalue weighted by Gasteiger charge is -2.34. The molecule has 1 aromatic carbocycles. The molecule has 20 heavy (non-hydrogen) atoms. The maximum Gasteiger partial charge on any atom is 0.0849 e.